The summed E-state index contributed by atoms with van der Waals surface area (Å²) >= 11 is 0. The zero-order valence-electron chi connectivity index (χ0n) is 15.3. The molecule has 3 aromatic carbocycles. The number of nitrogens with zero attached hydrogens (tertiary/aromatic N) is 1. The zero-order chi connectivity index (χ0) is 19.3. The molecule has 28 heavy (non-hydrogen) atoms. The van der Waals surface area contributed by atoms with Crippen molar-refractivity contribution in [3.63, 3.8) is 0 Å². The van der Waals surface area contributed by atoms with Crippen molar-refractivity contribution in [2.75, 3.05) is 0 Å². The molecule has 0 saturated heterocycles. The van der Waals surface area contributed by atoms with Gasteiger partial charge >= 0.3 is 7.12 Å². The number of ether oxygens (including phenoxy) is 1. The maximum atomic E-state index is 9.68. The fourth-order valence-electron chi connectivity index (χ4n) is 3.13. The molecule has 138 valence electrons. The summed E-state index contributed by atoms with van der Waals surface area (Å²) in [5, 5.41) is 21.9. The van der Waals surface area contributed by atoms with Crippen molar-refractivity contribution in [3.8, 4) is 17.6 Å². The third-order valence-electron chi connectivity index (χ3n) is 4.68. The van der Waals surface area contributed by atoms with E-state index in [4.69, 9.17) is 14.7 Å². The first kappa shape index (κ1) is 18.3. The van der Waals surface area contributed by atoms with Crippen LogP contribution in [0.25, 0.3) is 0 Å². The summed E-state index contributed by atoms with van der Waals surface area (Å²) < 4.78 is 11.1. The Kier molecular flexibility index (Phi) is 5.40. The highest BCUT2D eigenvalue weighted by Crippen LogP contribution is 2.24. The van der Waals surface area contributed by atoms with Gasteiger partial charge in [0.05, 0.1) is 18.2 Å². The van der Waals surface area contributed by atoms with Gasteiger partial charge in [-0.15, -0.1) is 0 Å². The quantitative estimate of drug-likeness (QED) is 0.653. The Balaban J connectivity index is 1.30. The van der Waals surface area contributed by atoms with E-state index in [-0.39, 0.29) is 0 Å². The molecule has 0 aliphatic carbocycles. The van der Waals surface area contributed by atoms with Crippen molar-refractivity contribution in [3.05, 3.63) is 89.0 Å². The van der Waals surface area contributed by atoms with Gasteiger partial charge in [-0.2, -0.15) is 5.26 Å². The van der Waals surface area contributed by atoms with Crippen LogP contribution in [-0.4, -0.2) is 12.1 Å². The largest absolute Gasteiger partial charge is 0.491 e. The van der Waals surface area contributed by atoms with E-state index in [1.165, 1.54) is 0 Å². The molecule has 1 aliphatic heterocycles. The zero-order valence-corrected chi connectivity index (χ0v) is 15.3. The van der Waals surface area contributed by atoms with Crippen LogP contribution in [0.2, 0.25) is 0 Å². The Bertz CT molecular complexity index is 998. The lowest BCUT2D eigenvalue weighted by Gasteiger charge is -2.09. The predicted molar refractivity (Wildman–Crippen MR) is 107 cm³/mol. The van der Waals surface area contributed by atoms with E-state index in [2.05, 4.69) is 11.4 Å². The van der Waals surface area contributed by atoms with Crippen molar-refractivity contribution >= 4 is 12.6 Å². The number of nitrogens with one attached hydrogen (secondary N) is 1. The van der Waals surface area contributed by atoms with Gasteiger partial charge in [-0.1, -0.05) is 30.3 Å². The molecule has 0 aromatic heterocycles. The highest BCUT2D eigenvalue weighted by atomic mass is 16.5. The van der Waals surface area contributed by atoms with Crippen LogP contribution in [0.5, 0.6) is 11.5 Å². The number of hydrogen-bond donors (Lipinski definition) is 2. The molecule has 0 fully saturated rings. The SMILES string of the molecule is N#Cc1ccc(CNCc2ccc(Oc3ccc4c(c3)COB4O)cc2)cc1. The van der Waals surface area contributed by atoms with Gasteiger partial charge in [-0.25, -0.2) is 0 Å². The van der Waals surface area contributed by atoms with Gasteiger partial charge in [0.25, 0.3) is 0 Å². The molecule has 3 aromatic rings. The maximum absolute atomic E-state index is 9.68. The maximum Gasteiger partial charge on any atom is 0.491 e. The van der Waals surface area contributed by atoms with E-state index in [1.807, 2.05) is 66.7 Å². The molecule has 0 unspecified atom stereocenters. The minimum Gasteiger partial charge on any atom is -0.457 e. The summed E-state index contributed by atoms with van der Waals surface area (Å²) in [6.07, 6.45) is 0. The minimum absolute atomic E-state index is 0.400. The molecule has 1 heterocycles. The number of benzene rings is 3. The van der Waals surface area contributed by atoms with Gasteiger partial charge in [0, 0.05) is 13.1 Å². The average Bonchev–Trinajstić information content (AvgIpc) is 3.10. The second-order valence-electron chi connectivity index (χ2n) is 6.68. The Morgan fingerprint density at radius 2 is 1.61 bits per heavy atom. The summed E-state index contributed by atoms with van der Waals surface area (Å²) in [5.41, 5.74) is 4.73. The molecule has 0 radical (unpaired) electrons. The third-order valence-corrected chi connectivity index (χ3v) is 4.68. The number of hydrogen-bond acceptors (Lipinski definition) is 5. The molecule has 5 nitrogen and oxygen atoms in total. The van der Waals surface area contributed by atoms with E-state index in [1.54, 1.807) is 0 Å². The van der Waals surface area contributed by atoms with E-state index < -0.39 is 7.12 Å². The molecule has 4 rings (SSSR count). The first-order valence-corrected chi connectivity index (χ1v) is 9.10. The number of nitriles is 1. The van der Waals surface area contributed by atoms with Crippen LogP contribution in [0, 0.1) is 11.3 Å². The van der Waals surface area contributed by atoms with E-state index >= 15 is 0 Å². The number of fused-ring (bicyclic) bond motifs is 1. The van der Waals surface area contributed by atoms with E-state index in [0.29, 0.717) is 12.2 Å². The summed E-state index contributed by atoms with van der Waals surface area (Å²) in [4.78, 5) is 0. The molecule has 0 spiro atoms. The fraction of sp³-hybridized carbons (Fsp3) is 0.136. The summed E-state index contributed by atoms with van der Waals surface area (Å²) in [6, 6.07) is 23.2. The Morgan fingerprint density at radius 3 is 2.29 bits per heavy atom. The van der Waals surface area contributed by atoms with Crippen molar-refractivity contribution in [2.45, 2.75) is 19.7 Å². The predicted octanol–water partition coefficient (Wildman–Crippen LogP) is 2.86. The minimum atomic E-state index is -0.833. The van der Waals surface area contributed by atoms with Gasteiger partial charge in [-0.05, 0) is 58.6 Å². The first-order valence-electron chi connectivity index (χ1n) is 9.10. The summed E-state index contributed by atoms with van der Waals surface area (Å²) in [5.74, 6) is 1.48. The first-order chi connectivity index (χ1) is 13.7. The molecule has 1 aliphatic rings. The molecule has 6 heteroatoms. The van der Waals surface area contributed by atoms with Gasteiger partial charge in [0.15, 0.2) is 0 Å². The normalized spacial score (nSPS) is 12.5. The molecule has 0 saturated carbocycles. The van der Waals surface area contributed by atoms with Crippen LogP contribution in [0.3, 0.4) is 0 Å². The van der Waals surface area contributed by atoms with Gasteiger partial charge in [0.2, 0.25) is 0 Å². The van der Waals surface area contributed by atoms with Crippen LogP contribution < -0.4 is 15.5 Å². The molecule has 0 atom stereocenters. The Morgan fingerprint density at radius 1 is 0.964 bits per heavy atom. The van der Waals surface area contributed by atoms with Crippen molar-refractivity contribution in [1.29, 1.82) is 5.26 Å². The lowest BCUT2D eigenvalue weighted by molar-refractivity contribution is 0.275. The lowest BCUT2D eigenvalue weighted by atomic mass is 9.80. The van der Waals surface area contributed by atoms with Gasteiger partial charge in [-0.3, -0.25) is 0 Å². The van der Waals surface area contributed by atoms with Gasteiger partial charge in [0.1, 0.15) is 11.5 Å². The standard InChI is InChI=1S/C22H19BN2O3/c24-12-16-1-3-17(4-2-16)13-25-14-18-5-7-20(8-6-18)28-21-9-10-22-19(11-21)15-27-23(22)26/h1-11,25-26H,13-15H2. The molecule has 0 bridgehead atoms. The van der Waals surface area contributed by atoms with Crippen molar-refractivity contribution in [1.82, 2.24) is 5.32 Å². The molecule has 0 amide bonds. The molecular weight excluding hydrogens is 351 g/mol. The Labute approximate surface area is 164 Å². The Hall–Kier alpha value is -3.11. The molecular formula is C22H19BN2O3. The highest BCUT2D eigenvalue weighted by Gasteiger charge is 2.27. The topological polar surface area (TPSA) is 74.5 Å². The van der Waals surface area contributed by atoms with E-state index in [9.17, 15) is 5.02 Å². The number of rotatable bonds is 6. The smallest absolute Gasteiger partial charge is 0.457 e. The summed E-state index contributed by atoms with van der Waals surface area (Å²) in [7, 11) is -0.833. The monoisotopic (exact) mass is 370 g/mol. The van der Waals surface area contributed by atoms with Crippen LogP contribution >= 0.6 is 0 Å². The second kappa shape index (κ2) is 8.28. The van der Waals surface area contributed by atoms with Crippen LogP contribution in [0.15, 0.2) is 66.7 Å². The van der Waals surface area contributed by atoms with Crippen LogP contribution in [0.4, 0.5) is 0 Å². The van der Waals surface area contributed by atoms with Gasteiger partial charge < -0.3 is 19.7 Å². The van der Waals surface area contributed by atoms with Crippen LogP contribution in [0.1, 0.15) is 22.3 Å². The van der Waals surface area contributed by atoms with E-state index in [0.717, 1.165) is 46.7 Å². The second-order valence-corrected chi connectivity index (χ2v) is 6.68. The van der Waals surface area contributed by atoms with Crippen molar-refractivity contribution in [2.24, 2.45) is 0 Å². The average molecular weight is 370 g/mol. The molecule has 2 N–H and O–H groups in total. The highest BCUT2D eigenvalue weighted by molar-refractivity contribution is 6.61. The fourth-order valence-corrected chi connectivity index (χ4v) is 3.13. The third kappa shape index (κ3) is 4.24. The summed E-state index contributed by atoms with van der Waals surface area (Å²) in [6.45, 7) is 1.89. The lowest BCUT2D eigenvalue weighted by Crippen LogP contribution is -2.27. The van der Waals surface area contributed by atoms with Crippen LogP contribution in [-0.2, 0) is 24.4 Å². The van der Waals surface area contributed by atoms with Crippen molar-refractivity contribution < 1.29 is 14.4 Å².